The van der Waals surface area contributed by atoms with E-state index in [1.54, 1.807) is 12.1 Å². The van der Waals surface area contributed by atoms with Gasteiger partial charge in [-0.15, -0.1) is 21.8 Å². The number of nitrogens with one attached hydrogen (secondary N) is 1. The van der Waals surface area contributed by atoms with Gasteiger partial charge >= 0.3 is 0 Å². The highest BCUT2D eigenvalue weighted by Gasteiger charge is 2.10. The van der Waals surface area contributed by atoms with Crippen LogP contribution in [0.2, 0.25) is 0 Å². The Morgan fingerprint density at radius 2 is 2.27 bits per heavy atom. The average Bonchev–Trinajstić information content (AvgIpc) is 2.66. The van der Waals surface area contributed by atoms with Crippen LogP contribution in [0.25, 0.3) is 10.7 Å². The zero-order valence-corrected chi connectivity index (χ0v) is 9.47. The Morgan fingerprint density at radius 3 is 2.87 bits per heavy atom. The van der Waals surface area contributed by atoms with E-state index in [2.05, 4.69) is 15.2 Å². The SMILES string of the molecule is CC(Cl)c1nnc(-c2cccc(=O)[nH]2)s1. The van der Waals surface area contributed by atoms with Gasteiger partial charge in [-0.25, -0.2) is 0 Å². The number of hydrogen-bond acceptors (Lipinski definition) is 4. The van der Waals surface area contributed by atoms with E-state index in [-0.39, 0.29) is 10.9 Å². The van der Waals surface area contributed by atoms with Crippen molar-refractivity contribution >= 4 is 22.9 Å². The molecule has 0 saturated carbocycles. The monoisotopic (exact) mass is 241 g/mol. The first-order valence-corrected chi connectivity index (χ1v) is 5.59. The van der Waals surface area contributed by atoms with E-state index < -0.39 is 0 Å². The number of nitrogens with zero attached hydrogens (tertiary/aromatic N) is 2. The number of hydrogen-bond donors (Lipinski definition) is 1. The molecule has 4 nitrogen and oxygen atoms in total. The standard InChI is InChI=1S/C9H8ClN3OS/c1-5(10)8-12-13-9(15-8)6-3-2-4-7(14)11-6/h2-5H,1H3,(H,11,14). The van der Waals surface area contributed by atoms with E-state index in [1.165, 1.54) is 17.4 Å². The molecule has 1 N–H and O–H groups in total. The van der Waals surface area contributed by atoms with Gasteiger partial charge in [-0.05, 0) is 13.0 Å². The number of aromatic amines is 1. The van der Waals surface area contributed by atoms with E-state index in [0.717, 1.165) is 5.01 Å². The summed E-state index contributed by atoms with van der Waals surface area (Å²) >= 11 is 7.25. The van der Waals surface area contributed by atoms with Gasteiger partial charge in [0.05, 0.1) is 11.1 Å². The van der Waals surface area contributed by atoms with Gasteiger partial charge < -0.3 is 4.98 Å². The second kappa shape index (κ2) is 4.12. The van der Waals surface area contributed by atoms with Crippen molar-refractivity contribution in [1.82, 2.24) is 15.2 Å². The normalized spacial score (nSPS) is 12.7. The zero-order valence-electron chi connectivity index (χ0n) is 7.90. The fraction of sp³-hybridized carbons (Fsp3) is 0.222. The Balaban J connectivity index is 2.41. The molecule has 0 aliphatic heterocycles. The number of pyridine rings is 1. The highest BCUT2D eigenvalue weighted by atomic mass is 35.5. The Kier molecular flexibility index (Phi) is 2.83. The molecular weight excluding hydrogens is 234 g/mol. The van der Waals surface area contributed by atoms with Crippen molar-refractivity contribution in [3.05, 3.63) is 33.6 Å². The Morgan fingerprint density at radius 1 is 1.47 bits per heavy atom. The van der Waals surface area contributed by atoms with Crippen LogP contribution in [-0.4, -0.2) is 15.2 Å². The van der Waals surface area contributed by atoms with E-state index in [4.69, 9.17) is 11.6 Å². The van der Waals surface area contributed by atoms with Gasteiger partial charge in [0.1, 0.15) is 5.01 Å². The van der Waals surface area contributed by atoms with Gasteiger partial charge in [0.15, 0.2) is 5.01 Å². The zero-order chi connectivity index (χ0) is 10.8. The molecule has 0 aliphatic carbocycles. The first-order valence-electron chi connectivity index (χ1n) is 4.34. The smallest absolute Gasteiger partial charge is 0.248 e. The summed E-state index contributed by atoms with van der Waals surface area (Å²) in [4.78, 5) is 13.8. The van der Waals surface area contributed by atoms with Gasteiger partial charge in [0.25, 0.3) is 0 Å². The van der Waals surface area contributed by atoms with Crippen LogP contribution in [-0.2, 0) is 0 Å². The van der Waals surface area contributed by atoms with Crippen LogP contribution in [0.5, 0.6) is 0 Å². The van der Waals surface area contributed by atoms with Crippen molar-refractivity contribution in [3.63, 3.8) is 0 Å². The highest BCUT2D eigenvalue weighted by molar-refractivity contribution is 7.14. The maximum Gasteiger partial charge on any atom is 0.248 e. The Hall–Kier alpha value is -1.20. The van der Waals surface area contributed by atoms with Crippen LogP contribution in [0.4, 0.5) is 0 Å². The van der Waals surface area contributed by atoms with Crippen molar-refractivity contribution in [2.24, 2.45) is 0 Å². The molecule has 0 fully saturated rings. The summed E-state index contributed by atoms with van der Waals surface area (Å²) in [6.45, 7) is 1.83. The minimum absolute atomic E-state index is 0.150. The Bertz CT molecular complexity index is 520. The number of halogens is 1. The van der Waals surface area contributed by atoms with Crippen LogP contribution >= 0.6 is 22.9 Å². The van der Waals surface area contributed by atoms with Crippen LogP contribution in [0.15, 0.2) is 23.0 Å². The minimum atomic E-state index is -0.160. The topological polar surface area (TPSA) is 58.6 Å². The van der Waals surface area contributed by atoms with Crippen molar-refractivity contribution < 1.29 is 0 Å². The molecule has 6 heteroatoms. The molecule has 2 heterocycles. The van der Waals surface area contributed by atoms with E-state index in [9.17, 15) is 4.79 Å². The third-order valence-corrected chi connectivity index (χ3v) is 3.26. The molecule has 78 valence electrons. The molecule has 15 heavy (non-hydrogen) atoms. The third kappa shape index (κ3) is 2.24. The molecular formula is C9H8ClN3OS. The quantitative estimate of drug-likeness (QED) is 0.820. The van der Waals surface area contributed by atoms with Gasteiger partial charge in [0, 0.05) is 6.07 Å². The molecule has 1 atom stereocenters. The summed E-state index contributed by atoms with van der Waals surface area (Å²) in [6, 6.07) is 4.92. The van der Waals surface area contributed by atoms with Gasteiger partial charge in [-0.1, -0.05) is 17.4 Å². The van der Waals surface area contributed by atoms with Gasteiger partial charge in [-0.3, -0.25) is 4.79 Å². The molecule has 0 radical (unpaired) electrons. The number of rotatable bonds is 2. The van der Waals surface area contributed by atoms with Crippen LogP contribution in [0.3, 0.4) is 0 Å². The fourth-order valence-corrected chi connectivity index (χ4v) is 2.01. The molecule has 1 unspecified atom stereocenters. The summed E-state index contributed by atoms with van der Waals surface area (Å²) in [5, 5.41) is 9.16. The molecule has 0 amide bonds. The molecule has 2 rings (SSSR count). The maximum absolute atomic E-state index is 11.1. The fourth-order valence-electron chi connectivity index (χ4n) is 1.08. The number of alkyl halides is 1. The lowest BCUT2D eigenvalue weighted by molar-refractivity contribution is 0.960. The summed E-state index contributed by atoms with van der Waals surface area (Å²) in [5.74, 6) is 0. The van der Waals surface area contributed by atoms with Crippen LogP contribution in [0, 0.1) is 0 Å². The largest absolute Gasteiger partial charge is 0.320 e. The highest BCUT2D eigenvalue weighted by Crippen LogP contribution is 2.27. The lowest BCUT2D eigenvalue weighted by atomic mass is 10.4. The van der Waals surface area contributed by atoms with Crippen molar-refractivity contribution in [2.75, 3.05) is 0 Å². The molecule has 0 spiro atoms. The third-order valence-electron chi connectivity index (χ3n) is 1.78. The van der Waals surface area contributed by atoms with Crippen molar-refractivity contribution in [3.8, 4) is 10.7 Å². The maximum atomic E-state index is 11.1. The predicted molar refractivity (Wildman–Crippen MR) is 60.2 cm³/mol. The lowest BCUT2D eigenvalue weighted by Gasteiger charge is -1.93. The molecule has 0 aromatic carbocycles. The van der Waals surface area contributed by atoms with E-state index in [1.807, 2.05) is 6.92 Å². The number of H-pyrrole nitrogens is 1. The van der Waals surface area contributed by atoms with Crippen LogP contribution in [0.1, 0.15) is 17.3 Å². The molecule has 2 aromatic heterocycles. The summed E-state index contributed by atoms with van der Waals surface area (Å²) in [7, 11) is 0. The summed E-state index contributed by atoms with van der Waals surface area (Å²) in [6.07, 6.45) is 0. The molecule has 0 bridgehead atoms. The lowest BCUT2D eigenvalue weighted by Crippen LogP contribution is -2.03. The van der Waals surface area contributed by atoms with Crippen molar-refractivity contribution in [2.45, 2.75) is 12.3 Å². The van der Waals surface area contributed by atoms with Gasteiger partial charge in [-0.2, -0.15) is 0 Å². The molecule has 0 saturated heterocycles. The average molecular weight is 242 g/mol. The predicted octanol–water partition coefficient (Wildman–Crippen LogP) is 2.19. The van der Waals surface area contributed by atoms with E-state index >= 15 is 0 Å². The summed E-state index contributed by atoms with van der Waals surface area (Å²) in [5.41, 5.74) is 0.520. The molecule has 2 aromatic rings. The second-order valence-electron chi connectivity index (χ2n) is 2.99. The summed E-state index contributed by atoms with van der Waals surface area (Å²) < 4.78 is 0. The second-order valence-corrected chi connectivity index (χ2v) is 4.65. The first-order chi connectivity index (χ1) is 7.16. The Labute approximate surface area is 95.0 Å². The minimum Gasteiger partial charge on any atom is -0.320 e. The van der Waals surface area contributed by atoms with E-state index in [0.29, 0.717) is 10.7 Å². The number of aromatic nitrogens is 3. The van der Waals surface area contributed by atoms with Crippen LogP contribution < -0.4 is 5.56 Å². The molecule has 0 aliphatic rings. The van der Waals surface area contributed by atoms with Crippen molar-refractivity contribution in [1.29, 1.82) is 0 Å². The van der Waals surface area contributed by atoms with Gasteiger partial charge in [0.2, 0.25) is 5.56 Å². The first kappa shape index (κ1) is 10.3.